The highest BCUT2D eigenvalue weighted by atomic mass is 79.9. The molecule has 1 heterocycles. The summed E-state index contributed by atoms with van der Waals surface area (Å²) in [5.41, 5.74) is 6.58. The van der Waals surface area contributed by atoms with Gasteiger partial charge in [0.15, 0.2) is 9.84 Å². The Kier molecular flexibility index (Phi) is 4.24. The number of anilines is 2. The Hall–Kier alpha value is -1.67. The second kappa shape index (κ2) is 5.76. The number of nitrogen functional groups attached to an aromatic ring is 1. The Labute approximate surface area is 125 Å². The van der Waals surface area contributed by atoms with Crippen molar-refractivity contribution in [2.75, 3.05) is 17.3 Å². The van der Waals surface area contributed by atoms with E-state index in [0.29, 0.717) is 27.5 Å². The first-order valence-corrected chi connectivity index (χ1v) is 8.35. The molecule has 8 heteroatoms. The summed E-state index contributed by atoms with van der Waals surface area (Å²) >= 11 is 3.30. The molecular formula is C12H13BrN4O2S. The van der Waals surface area contributed by atoms with E-state index in [1.807, 2.05) is 0 Å². The number of nitrogens with zero attached hydrogens (tertiary/aromatic N) is 2. The van der Waals surface area contributed by atoms with Gasteiger partial charge in [0, 0.05) is 12.8 Å². The van der Waals surface area contributed by atoms with Crippen LogP contribution in [0.25, 0.3) is 0 Å². The van der Waals surface area contributed by atoms with Crippen molar-refractivity contribution < 1.29 is 8.42 Å². The highest BCUT2D eigenvalue weighted by Crippen LogP contribution is 2.24. The Balaban J connectivity index is 2.10. The van der Waals surface area contributed by atoms with E-state index in [1.54, 1.807) is 24.3 Å². The molecule has 0 saturated heterocycles. The van der Waals surface area contributed by atoms with Gasteiger partial charge >= 0.3 is 0 Å². The Morgan fingerprint density at radius 1 is 1.25 bits per heavy atom. The van der Waals surface area contributed by atoms with Gasteiger partial charge in [-0.1, -0.05) is 12.1 Å². The van der Waals surface area contributed by atoms with Crippen molar-refractivity contribution in [1.29, 1.82) is 0 Å². The summed E-state index contributed by atoms with van der Waals surface area (Å²) in [7, 11) is -3.16. The van der Waals surface area contributed by atoms with Gasteiger partial charge < -0.3 is 11.1 Å². The minimum absolute atomic E-state index is 0.300. The molecule has 106 valence electrons. The van der Waals surface area contributed by atoms with E-state index in [4.69, 9.17) is 5.73 Å². The zero-order chi connectivity index (χ0) is 14.8. The summed E-state index contributed by atoms with van der Waals surface area (Å²) in [6.45, 7) is 0.499. The predicted octanol–water partition coefficient (Wildman–Crippen LogP) is 1.84. The average Bonchev–Trinajstić information content (AvgIpc) is 2.40. The maximum atomic E-state index is 11.4. The monoisotopic (exact) mass is 356 g/mol. The average molecular weight is 357 g/mol. The van der Waals surface area contributed by atoms with Gasteiger partial charge in [-0.3, -0.25) is 0 Å². The third kappa shape index (κ3) is 3.45. The lowest BCUT2D eigenvalue weighted by atomic mass is 10.2. The summed E-state index contributed by atoms with van der Waals surface area (Å²) in [5.74, 6) is 0.944. The molecule has 0 atom stereocenters. The molecule has 3 N–H and O–H groups in total. The fourth-order valence-electron chi connectivity index (χ4n) is 1.55. The van der Waals surface area contributed by atoms with Crippen LogP contribution >= 0.6 is 15.9 Å². The molecule has 2 aromatic rings. The molecule has 0 radical (unpaired) electrons. The SMILES string of the molecule is CS(=O)(=O)c1ccc(CNc2ncnc(N)c2Br)cc1. The predicted molar refractivity (Wildman–Crippen MR) is 81.0 cm³/mol. The molecule has 0 amide bonds. The van der Waals surface area contributed by atoms with Gasteiger partial charge in [0.25, 0.3) is 0 Å². The molecule has 1 aromatic carbocycles. The maximum absolute atomic E-state index is 11.4. The maximum Gasteiger partial charge on any atom is 0.175 e. The molecular weight excluding hydrogens is 344 g/mol. The first-order chi connectivity index (χ1) is 9.38. The highest BCUT2D eigenvalue weighted by Gasteiger charge is 2.07. The standard InChI is InChI=1S/C12H13BrN4O2S/c1-20(18,19)9-4-2-8(3-5-9)6-15-12-10(13)11(14)16-7-17-12/h2-5,7H,6H2,1H3,(H3,14,15,16,17). The number of benzene rings is 1. The number of hydrogen-bond donors (Lipinski definition) is 2. The second-order valence-corrected chi connectivity index (χ2v) is 7.00. The largest absolute Gasteiger partial charge is 0.383 e. The highest BCUT2D eigenvalue weighted by molar-refractivity contribution is 9.10. The van der Waals surface area contributed by atoms with E-state index < -0.39 is 9.84 Å². The summed E-state index contributed by atoms with van der Waals surface area (Å²) < 4.78 is 23.3. The molecule has 0 aliphatic rings. The van der Waals surface area contributed by atoms with Crippen LogP contribution in [0, 0.1) is 0 Å². The van der Waals surface area contributed by atoms with Crippen LogP contribution in [-0.2, 0) is 16.4 Å². The van der Waals surface area contributed by atoms with Gasteiger partial charge in [-0.05, 0) is 33.6 Å². The molecule has 0 saturated carbocycles. The van der Waals surface area contributed by atoms with Crippen LogP contribution in [0.2, 0.25) is 0 Å². The van der Waals surface area contributed by atoms with Crippen LogP contribution in [-0.4, -0.2) is 24.6 Å². The van der Waals surface area contributed by atoms with Crippen molar-refractivity contribution >= 4 is 37.4 Å². The molecule has 0 aliphatic heterocycles. The van der Waals surface area contributed by atoms with Crippen LogP contribution in [0.3, 0.4) is 0 Å². The van der Waals surface area contributed by atoms with E-state index in [0.717, 1.165) is 5.56 Å². The van der Waals surface area contributed by atoms with E-state index in [1.165, 1.54) is 12.6 Å². The molecule has 1 aromatic heterocycles. The van der Waals surface area contributed by atoms with Crippen molar-refractivity contribution in [2.45, 2.75) is 11.4 Å². The number of sulfone groups is 1. The second-order valence-electron chi connectivity index (χ2n) is 4.19. The molecule has 0 spiro atoms. The van der Waals surface area contributed by atoms with Crippen molar-refractivity contribution in [3.05, 3.63) is 40.6 Å². The molecule has 0 unspecified atom stereocenters. The molecule has 0 aliphatic carbocycles. The Morgan fingerprint density at radius 2 is 1.90 bits per heavy atom. The third-order valence-electron chi connectivity index (χ3n) is 2.63. The van der Waals surface area contributed by atoms with Crippen molar-refractivity contribution in [1.82, 2.24) is 9.97 Å². The number of halogens is 1. The lowest BCUT2D eigenvalue weighted by molar-refractivity contribution is 0.602. The molecule has 0 bridgehead atoms. The summed E-state index contributed by atoms with van der Waals surface area (Å²) in [6.07, 6.45) is 2.55. The number of nitrogens with one attached hydrogen (secondary N) is 1. The zero-order valence-electron chi connectivity index (χ0n) is 10.7. The fraction of sp³-hybridized carbons (Fsp3) is 0.167. The first-order valence-electron chi connectivity index (χ1n) is 5.67. The van der Waals surface area contributed by atoms with Crippen LogP contribution in [0.15, 0.2) is 40.0 Å². The Morgan fingerprint density at radius 3 is 2.50 bits per heavy atom. The minimum Gasteiger partial charge on any atom is -0.383 e. The zero-order valence-corrected chi connectivity index (χ0v) is 13.1. The summed E-state index contributed by atoms with van der Waals surface area (Å²) in [5, 5.41) is 3.10. The molecule has 6 nitrogen and oxygen atoms in total. The van der Waals surface area contributed by atoms with Crippen molar-refractivity contribution in [3.63, 3.8) is 0 Å². The number of nitrogens with two attached hydrogens (primary N) is 1. The topological polar surface area (TPSA) is 98.0 Å². The van der Waals surface area contributed by atoms with E-state index in [2.05, 4.69) is 31.2 Å². The smallest absolute Gasteiger partial charge is 0.175 e. The van der Waals surface area contributed by atoms with E-state index in [-0.39, 0.29) is 0 Å². The minimum atomic E-state index is -3.16. The molecule has 0 fully saturated rings. The van der Waals surface area contributed by atoms with Gasteiger partial charge in [0.1, 0.15) is 22.4 Å². The van der Waals surface area contributed by atoms with Crippen LogP contribution in [0.5, 0.6) is 0 Å². The molecule has 20 heavy (non-hydrogen) atoms. The molecule has 2 rings (SSSR count). The van der Waals surface area contributed by atoms with Crippen molar-refractivity contribution in [3.8, 4) is 0 Å². The van der Waals surface area contributed by atoms with E-state index >= 15 is 0 Å². The lowest BCUT2D eigenvalue weighted by Crippen LogP contribution is -2.05. The number of aromatic nitrogens is 2. The lowest BCUT2D eigenvalue weighted by Gasteiger charge is -2.08. The van der Waals surface area contributed by atoms with E-state index in [9.17, 15) is 8.42 Å². The fourth-order valence-corrected chi connectivity index (χ4v) is 2.52. The van der Waals surface area contributed by atoms with Crippen LogP contribution in [0.4, 0.5) is 11.6 Å². The Bertz CT molecular complexity index is 717. The third-order valence-corrected chi connectivity index (χ3v) is 4.54. The number of hydrogen-bond acceptors (Lipinski definition) is 6. The van der Waals surface area contributed by atoms with Gasteiger partial charge in [0.05, 0.1) is 4.90 Å². The van der Waals surface area contributed by atoms with Crippen LogP contribution < -0.4 is 11.1 Å². The van der Waals surface area contributed by atoms with Gasteiger partial charge in [0.2, 0.25) is 0 Å². The van der Waals surface area contributed by atoms with Gasteiger partial charge in [-0.25, -0.2) is 18.4 Å². The quantitative estimate of drug-likeness (QED) is 0.867. The first kappa shape index (κ1) is 14.7. The van der Waals surface area contributed by atoms with Crippen molar-refractivity contribution in [2.24, 2.45) is 0 Å². The summed E-state index contributed by atoms with van der Waals surface area (Å²) in [6, 6.07) is 6.66. The van der Waals surface area contributed by atoms with Gasteiger partial charge in [-0.15, -0.1) is 0 Å². The normalized spacial score (nSPS) is 11.3. The van der Waals surface area contributed by atoms with Crippen LogP contribution in [0.1, 0.15) is 5.56 Å². The van der Waals surface area contributed by atoms with Gasteiger partial charge in [-0.2, -0.15) is 0 Å². The number of rotatable bonds is 4. The summed E-state index contributed by atoms with van der Waals surface area (Å²) in [4.78, 5) is 8.21.